The van der Waals surface area contributed by atoms with Crippen LogP contribution in [0.4, 0.5) is 0 Å². The van der Waals surface area contributed by atoms with E-state index in [1.807, 2.05) is 0 Å². The summed E-state index contributed by atoms with van der Waals surface area (Å²) in [6.07, 6.45) is 0. The maximum absolute atomic E-state index is 12.4. The molecule has 19 heavy (non-hydrogen) atoms. The van der Waals surface area contributed by atoms with E-state index in [2.05, 4.69) is 22.6 Å². The molecule has 1 heterocycles. The predicted octanol–water partition coefficient (Wildman–Crippen LogP) is 2.59. The highest BCUT2D eigenvalue weighted by Crippen LogP contribution is 2.23. The Morgan fingerprint density at radius 2 is 2.21 bits per heavy atom. The second-order valence-electron chi connectivity index (χ2n) is 4.06. The molecule has 1 unspecified atom stereocenters. The number of carbonyl (C=O) groups excluding carboxylic acids is 1. The summed E-state index contributed by atoms with van der Waals surface area (Å²) in [4.78, 5) is 25.0. The molecule has 2 rings (SSSR count). The van der Waals surface area contributed by atoms with Crippen LogP contribution in [0.3, 0.4) is 0 Å². The van der Waals surface area contributed by atoms with Crippen LogP contribution < -0.4 is 0 Å². The lowest BCUT2D eigenvalue weighted by atomic mass is 10.1. The average molecular weight is 412 g/mol. The summed E-state index contributed by atoms with van der Waals surface area (Å²) in [7, 11) is 0. The number of rotatable bonds is 2. The Kier molecular flexibility index (Phi) is 4.97. The van der Waals surface area contributed by atoms with Gasteiger partial charge in [0, 0.05) is 27.2 Å². The van der Waals surface area contributed by atoms with Crippen molar-refractivity contribution in [3.8, 4) is 0 Å². The summed E-state index contributed by atoms with van der Waals surface area (Å²) in [5.41, 5.74) is 0.434. The lowest BCUT2D eigenvalue weighted by molar-refractivity contribution is -0.141. The standard InChI is InChI=1S/C12H11ClINO3S/c13-8-5-7(1-2-9(8)14)11(16)15-3-4-19-6-10(15)12(17)18/h1-2,5,10H,3-4,6H2,(H,17,18). The van der Waals surface area contributed by atoms with Crippen LogP contribution in [0.15, 0.2) is 18.2 Å². The quantitative estimate of drug-likeness (QED) is 0.760. The molecule has 0 spiro atoms. The fourth-order valence-corrected chi connectivity index (χ4v) is 3.40. The van der Waals surface area contributed by atoms with Crippen LogP contribution in [0.5, 0.6) is 0 Å². The molecule has 7 heteroatoms. The van der Waals surface area contributed by atoms with E-state index < -0.39 is 12.0 Å². The Labute approximate surface area is 133 Å². The average Bonchev–Trinajstić information content (AvgIpc) is 2.41. The first kappa shape index (κ1) is 14.9. The van der Waals surface area contributed by atoms with Crippen molar-refractivity contribution in [2.75, 3.05) is 18.1 Å². The van der Waals surface area contributed by atoms with Crippen molar-refractivity contribution in [3.63, 3.8) is 0 Å². The van der Waals surface area contributed by atoms with Crippen LogP contribution in [-0.4, -0.2) is 46.0 Å². The number of amides is 1. The zero-order chi connectivity index (χ0) is 14.0. The number of thioether (sulfide) groups is 1. The SMILES string of the molecule is O=C(O)C1CSCCN1C(=O)c1ccc(I)c(Cl)c1. The highest BCUT2D eigenvalue weighted by molar-refractivity contribution is 14.1. The Morgan fingerprint density at radius 3 is 2.84 bits per heavy atom. The molecule has 0 bridgehead atoms. The molecule has 1 aromatic carbocycles. The van der Waals surface area contributed by atoms with Crippen LogP contribution >= 0.6 is 46.0 Å². The third kappa shape index (κ3) is 3.35. The minimum absolute atomic E-state index is 0.272. The smallest absolute Gasteiger partial charge is 0.327 e. The van der Waals surface area contributed by atoms with Crippen molar-refractivity contribution < 1.29 is 14.7 Å². The summed E-state index contributed by atoms with van der Waals surface area (Å²) in [6.45, 7) is 0.448. The third-order valence-electron chi connectivity index (χ3n) is 2.84. The molecular weight excluding hydrogens is 401 g/mol. The monoisotopic (exact) mass is 411 g/mol. The Morgan fingerprint density at radius 1 is 1.47 bits per heavy atom. The van der Waals surface area contributed by atoms with Crippen LogP contribution in [-0.2, 0) is 4.79 Å². The molecule has 0 aromatic heterocycles. The van der Waals surface area contributed by atoms with Crippen molar-refractivity contribution in [3.05, 3.63) is 32.4 Å². The zero-order valence-electron chi connectivity index (χ0n) is 9.81. The van der Waals surface area contributed by atoms with Crippen molar-refractivity contribution in [1.82, 2.24) is 4.90 Å². The van der Waals surface area contributed by atoms with Gasteiger partial charge in [-0.15, -0.1) is 0 Å². The van der Waals surface area contributed by atoms with Crippen molar-refractivity contribution >= 4 is 57.8 Å². The van der Waals surface area contributed by atoms with E-state index in [1.54, 1.807) is 30.0 Å². The minimum Gasteiger partial charge on any atom is -0.480 e. The largest absolute Gasteiger partial charge is 0.480 e. The molecule has 4 nitrogen and oxygen atoms in total. The molecule has 0 saturated carbocycles. The van der Waals surface area contributed by atoms with Gasteiger partial charge in [0.05, 0.1) is 5.02 Å². The Balaban J connectivity index is 2.26. The van der Waals surface area contributed by atoms with Crippen LogP contribution in [0.2, 0.25) is 5.02 Å². The van der Waals surface area contributed by atoms with E-state index in [0.29, 0.717) is 22.9 Å². The van der Waals surface area contributed by atoms with Crippen molar-refractivity contribution in [2.24, 2.45) is 0 Å². The second kappa shape index (κ2) is 6.32. The lowest BCUT2D eigenvalue weighted by Crippen LogP contribution is -2.50. The van der Waals surface area contributed by atoms with Gasteiger partial charge in [-0.3, -0.25) is 4.79 Å². The van der Waals surface area contributed by atoms with E-state index in [1.165, 1.54) is 4.90 Å². The molecule has 1 atom stereocenters. The van der Waals surface area contributed by atoms with Gasteiger partial charge in [-0.1, -0.05) is 11.6 Å². The topological polar surface area (TPSA) is 57.6 Å². The summed E-state index contributed by atoms with van der Waals surface area (Å²) in [6, 6.07) is 4.26. The van der Waals surface area contributed by atoms with Gasteiger partial charge in [-0.05, 0) is 40.8 Å². The molecule has 0 radical (unpaired) electrons. The van der Waals surface area contributed by atoms with Gasteiger partial charge in [-0.2, -0.15) is 11.8 Å². The number of hydrogen-bond donors (Lipinski definition) is 1. The summed E-state index contributed by atoms with van der Waals surface area (Å²) in [5, 5.41) is 9.67. The molecule has 1 fully saturated rings. The molecular formula is C12H11ClINO3S. The van der Waals surface area contributed by atoms with E-state index in [0.717, 1.165) is 9.32 Å². The number of benzene rings is 1. The van der Waals surface area contributed by atoms with Gasteiger partial charge < -0.3 is 10.0 Å². The van der Waals surface area contributed by atoms with Gasteiger partial charge >= 0.3 is 5.97 Å². The number of nitrogens with zero attached hydrogens (tertiary/aromatic N) is 1. The van der Waals surface area contributed by atoms with Crippen LogP contribution in [0, 0.1) is 3.57 Å². The van der Waals surface area contributed by atoms with Crippen molar-refractivity contribution in [1.29, 1.82) is 0 Å². The summed E-state index contributed by atoms with van der Waals surface area (Å²) < 4.78 is 0.861. The molecule has 1 aliphatic heterocycles. The highest BCUT2D eigenvalue weighted by Gasteiger charge is 2.32. The number of carboxylic acids is 1. The fourth-order valence-electron chi connectivity index (χ4n) is 1.85. The van der Waals surface area contributed by atoms with Crippen LogP contribution in [0.1, 0.15) is 10.4 Å². The van der Waals surface area contributed by atoms with Crippen molar-refractivity contribution in [2.45, 2.75) is 6.04 Å². The van der Waals surface area contributed by atoms with Crippen LogP contribution in [0.25, 0.3) is 0 Å². The summed E-state index contributed by atoms with van der Waals surface area (Å²) >= 11 is 9.63. The Bertz CT molecular complexity index is 526. The van der Waals surface area contributed by atoms with Gasteiger partial charge in [-0.25, -0.2) is 4.79 Å². The van der Waals surface area contributed by atoms with Gasteiger partial charge in [0.25, 0.3) is 5.91 Å². The molecule has 1 N–H and O–H groups in total. The van der Waals surface area contributed by atoms with Gasteiger partial charge in [0.1, 0.15) is 6.04 Å². The van der Waals surface area contributed by atoms with E-state index in [4.69, 9.17) is 16.7 Å². The summed E-state index contributed by atoms with van der Waals surface area (Å²) in [5.74, 6) is -0.0459. The predicted molar refractivity (Wildman–Crippen MR) is 84.0 cm³/mol. The number of carbonyl (C=O) groups is 2. The third-order valence-corrected chi connectivity index (χ3v) is 5.44. The van der Waals surface area contributed by atoms with E-state index in [9.17, 15) is 9.59 Å². The molecule has 102 valence electrons. The number of carboxylic acid groups (broad SMARTS) is 1. The first-order chi connectivity index (χ1) is 9.00. The number of halogens is 2. The first-order valence-corrected chi connectivity index (χ1v) is 8.18. The molecule has 1 saturated heterocycles. The van der Waals surface area contributed by atoms with E-state index >= 15 is 0 Å². The second-order valence-corrected chi connectivity index (χ2v) is 6.78. The fraction of sp³-hybridized carbons (Fsp3) is 0.333. The number of hydrogen-bond acceptors (Lipinski definition) is 3. The van der Waals surface area contributed by atoms with E-state index in [-0.39, 0.29) is 5.91 Å². The maximum Gasteiger partial charge on any atom is 0.327 e. The Hall–Kier alpha value is -0.470. The minimum atomic E-state index is -0.961. The maximum atomic E-state index is 12.4. The molecule has 0 aliphatic carbocycles. The first-order valence-electron chi connectivity index (χ1n) is 5.57. The molecule has 1 amide bonds. The normalized spacial score (nSPS) is 19.3. The van der Waals surface area contributed by atoms with Gasteiger partial charge in [0.2, 0.25) is 0 Å². The molecule has 1 aliphatic rings. The van der Waals surface area contributed by atoms with Gasteiger partial charge in [0.15, 0.2) is 0 Å². The lowest BCUT2D eigenvalue weighted by Gasteiger charge is -2.32. The molecule has 1 aromatic rings. The number of aliphatic carboxylic acids is 1. The zero-order valence-corrected chi connectivity index (χ0v) is 13.5. The highest BCUT2D eigenvalue weighted by atomic mass is 127.